The number of epoxide rings is 1. The van der Waals surface area contributed by atoms with Crippen molar-refractivity contribution in [3.8, 4) is 0 Å². The largest absolute Gasteiger partial charge is 0.394 e. The molecule has 0 amide bonds. The molecule has 0 spiro atoms. The van der Waals surface area contributed by atoms with Gasteiger partial charge in [-0.05, 0) is 0 Å². The Hall–Kier alpha value is -1.44. The Kier molecular flexibility index (Phi) is 2.00. The maximum atomic E-state index is 11.5. The second-order valence-corrected chi connectivity index (χ2v) is 3.83. The average molecular weight is 226 g/mol. The van der Waals surface area contributed by atoms with Crippen LogP contribution in [-0.2, 0) is 9.47 Å². The molecule has 3 heterocycles. The number of aliphatic hydroxyl groups excluding tert-OH is 1. The molecule has 2 N–H and O–H groups in total. The molecule has 0 bridgehead atoms. The number of nitrogens with zero attached hydrogens (tertiary/aromatic N) is 1. The van der Waals surface area contributed by atoms with E-state index in [0.717, 1.165) is 0 Å². The first-order valence-corrected chi connectivity index (χ1v) is 4.94. The van der Waals surface area contributed by atoms with Crippen molar-refractivity contribution in [2.24, 2.45) is 0 Å². The van der Waals surface area contributed by atoms with Gasteiger partial charge in [-0.25, -0.2) is 4.79 Å². The van der Waals surface area contributed by atoms with Crippen molar-refractivity contribution in [2.45, 2.75) is 24.5 Å². The fourth-order valence-electron chi connectivity index (χ4n) is 2.00. The number of H-pyrrole nitrogens is 1. The number of hydrogen-bond donors (Lipinski definition) is 2. The van der Waals surface area contributed by atoms with Crippen molar-refractivity contribution in [2.75, 3.05) is 6.61 Å². The molecule has 0 aromatic carbocycles. The third-order valence-corrected chi connectivity index (χ3v) is 2.83. The van der Waals surface area contributed by atoms with Crippen LogP contribution in [-0.4, -0.2) is 39.6 Å². The zero-order chi connectivity index (χ0) is 11.3. The summed E-state index contributed by atoms with van der Waals surface area (Å²) in [6.07, 6.45) is 0.0551. The topological polar surface area (TPSA) is 96.8 Å². The summed E-state index contributed by atoms with van der Waals surface area (Å²) in [5.74, 6) is 0. The van der Waals surface area contributed by atoms with E-state index in [-0.39, 0.29) is 18.8 Å². The van der Waals surface area contributed by atoms with Gasteiger partial charge in [0.2, 0.25) is 0 Å². The Balaban J connectivity index is 1.94. The predicted molar refractivity (Wildman–Crippen MR) is 51.0 cm³/mol. The van der Waals surface area contributed by atoms with E-state index in [1.165, 1.54) is 16.8 Å². The second-order valence-electron chi connectivity index (χ2n) is 3.83. The first kappa shape index (κ1) is 9.76. The molecule has 2 saturated heterocycles. The fraction of sp³-hybridized carbons (Fsp3) is 0.556. The standard InChI is InChI=1S/C9H10N2O5/c12-3-4-6-7(16-6)8(15-4)11-2-1-5(13)10-9(11)14/h1-2,4,6-8,12H,3H2,(H,10,13,14)/t4-,6-,7+,8-/m0/s1. The van der Waals surface area contributed by atoms with Gasteiger partial charge in [-0.15, -0.1) is 0 Å². The summed E-state index contributed by atoms with van der Waals surface area (Å²) < 4.78 is 12.0. The molecule has 2 fully saturated rings. The van der Waals surface area contributed by atoms with Crippen LogP contribution in [0.2, 0.25) is 0 Å². The summed E-state index contributed by atoms with van der Waals surface area (Å²) in [7, 11) is 0. The van der Waals surface area contributed by atoms with Crippen molar-refractivity contribution in [1.29, 1.82) is 0 Å². The van der Waals surface area contributed by atoms with Crippen LogP contribution in [0.4, 0.5) is 0 Å². The van der Waals surface area contributed by atoms with E-state index in [0.29, 0.717) is 0 Å². The van der Waals surface area contributed by atoms with Crippen LogP contribution in [0.1, 0.15) is 6.23 Å². The highest BCUT2D eigenvalue weighted by Gasteiger charge is 2.58. The third-order valence-electron chi connectivity index (χ3n) is 2.83. The highest BCUT2D eigenvalue weighted by Crippen LogP contribution is 2.43. The molecule has 1 aromatic heterocycles. The molecule has 0 aliphatic carbocycles. The molecular formula is C9H10N2O5. The Labute approximate surface area is 89.2 Å². The van der Waals surface area contributed by atoms with Crippen molar-refractivity contribution < 1.29 is 14.6 Å². The predicted octanol–water partition coefficient (Wildman–Crippen LogP) is -1.81. The summed E-state index contributed by atoms with van der Waals surface area (Å²) in [6, 6.07) is 1.24. The number of aromatic nitrogens is 2. The van der Waals surface area contributed by atoms with Gasteiger partial charge in [0, 0.05) is 12.3 Å². The molecule has 0 radical (unpaired) electrons. The number of rotatable bonds is 2. The fourth-order valence-corrected chi connectivity index (χ4v) is 2.00. The summed E-state index contributed by atoms with van der Waals surface area (Å²) >= 11 is 0. The van der Waals surface area contributed by atoms with Gasteiger partial charge in [-0.1, -0.05) is 0 Å². The number of hydrogen-bond acceptors (Lipinski definition) is 5. The lowest BCUT2D eigenvalue weighted by atomic mass is 10.2. The summed E-state index contributed by atoms with van der Waals surface area (Å²) in [4.78, 5) is 24.5. The smallest absolute Gasteiger partial charge is 0.330 e. The Morgan fingerprint density at radius 3 is 2.81 bits per heavy atom. The van der Waals surface area contributed by atoms with E-state index >= 15 is 0 Å². The number of fused-ring (bicyclic) bond motifs is 1. The van der Waals surface area contributed by atoms with Gasteiger partial charge in [0.1, 0.15) is 18.3 Å². The van der Waals surface area contributed by atoms with E-state index in [9.17, 15) is 9.59 Å². The van der Waals surface area contributed by atoms with Crippen LogP contribution < -0.4 is 11.2 Å². The summed E-state index contributed by atoms with van der Waals surface area (Å²) in [6.45, 7) is -0.143. The van der Waals surface area contributed by atoms with E-state index < -0.39 is 23.6 Å². The SMILES string of the molecule is O=c1ccn([C@H]2O[C@@H](CO)[C@@H]3O[C@H]32)c(=O)[nH]1. The number of ether oxygens (including phenoxy) is 2. The third kappa shape index (κ3) is 1.33. The Bertz CT molecular complexity index is 521. The molecule has 1 aromatic rings. The van der Waals surface area contributed by atoms with Crippen LogP contribution in [0.3, 0.4) is 0 Å². The molecule has 0 saturated carbocycles. The first-order valence-electron chi connectivity index (χ1n) is 4.94. The average Bonchev–Trinajstić information content (AvgIpc) is 2.96. The maximum absolute atomic E-state index is 11.5. The molecule has 86 valence electrons. The van der Waals surface area contributed by atoms with Crippen LogP contribution in [0.15, 0.2) is 21.9 Å². The van der Waals surface area contributed by atoms with Gasteiger partial charge < -0.3 is 14.6 Å². The van der Waals surface area contributed by atoms with Crippen molar-refractivity contribution in [3.63, 3.8) is 0 Å². The lowest BCUT2D eigenvalue weighted by Gasteiger charge is -2.17. The van der Waals surface area contributed by atoms with Crippen molar-refractivity contribution in [1.82, 2.24) is 9.55 Å². The van der Waals surface area contributed by atoms with E-state index in [4.69, 9.17) is 14.6 Å². The normalized spacial score (nSPS) is 36.1. The van der Waals surface area contributed by atoms with Crippen LogP contribution >= 0.6 is 0 Å². The molecule has 3 rings (SSSR count). The minimum Gasteiger partial charge on any atom is -0.394 e. The Morgan fingerprint density at radius 2 is 2.19 bits per heavy atom. The number of aromatic amines is 1. The highest BCUT2D eigenvalue weighted by atomic mass is 16.7. The van der Waals surface area contributed by atoms with Gasteiger partial charge in [0.15, 0.2) is 6.23 Å². The number of aliphatic hydroxyl groups is 1. The molecule has 4 atom stereocenters. The minimum absolute atomic E-state index is 0.143. The van der Waals surface area contributed by atoms with Crippen molar-refractivity contribution in [3.05, 3.63) is 33.1 Å². The lowest BCUT2D eigenvalue weighted by Crippen LogP contribution is -2.34. The minimum atomic E-state index is -0.563. The van der Waals surface area contributed by atoms with E-state index in [1.807, 2.05) is 0 Å². The maximum Gasteiger partial charge on any atom is 0.330 e. The van der Waals surface area contributed by atoms with Gasteiger partial charge in [0.05, 0.1) is 6.61 Å². The molecular weight excluding hydrogens is 216 g/mol. The molecule has 7 heteroatoms. The van der Waals surface area contributed by atoms with E-state index in [2.05, 4.69) is 4.98 Å². The van der Waals surface area contributed by atoms with Gasteiger partial charge in [-0.3, -0.25) is 14.3 Å². The van der Waals surface area contributed by atoms with Gasteiger partial charge in [0.25, 0.3) is 5.56 Å². The molecule has 2 aliphatic rings. The second kappa shape index (κ2) is 3.27. The van der Waals surface area contributed by atoms with E-state index in [1.54, 1.807) is 0 Å². The molecule has 16 heavy (non-hydrogen) atoms. The zero-order valence-corrected chi connectivity index (χ0v) is 8.20. The lowest BCUT2D eigenvalue weighted by molar-refractivity contribution is -0.0856. The quantitative estimate of drug-likeness (QED) is 0.579. The molecule has 0 unspecified atom stereocenters. The first-order chi connectivity index (χ1) is 7.70. The highest BCUT2D eigenvalue weighted by molar-refractivity contribution is 5.02. The van der Waals surface area contributed by atoms with Crippen LogP contribution in [0.25, 0.3) is 0 Å². The van der Waals surface area contributed by atoms with Gasteiger partial charge >= 0.3 is 5.69 Å². The van der Waals surface area contributed by atoms with Gasteiger partial charge in [-0.2, -0.15) is 0 Å². The number of nitrogens with one attached hydrogen (secondary N) is 1. The molecule has 7 nitrogen and oxygen atoms in total. The summed E-state index contributed by atoms with van der Waals surface area (Å²) in [5.41, 5.74) is -0.989. The molecule has 2 aliphatic heterocycles. The monoisotopic (exact) mass is 226 g/mol. The Morgan fingerprint density at radius 1 is 1.38 bits per heavy atom. The van der Waals surface area contributed by atoms with Crippen LogP contribution in [0.5, 0.6) is 0 Å². The van der Waals surface area contributed by atoms with Crippen molar-refractivity contribution >= 4 is 0 Å². The van der Waals surface area contributed by atoms with Crippen LogP contribution in [0, 0.1) is 0 Å². The zero-order valence-electron chi connectivity index (χ0n) is 8.20. The summed E-state index contributed by atoms with van der Waals surface area (Å²) in [5, 5.41) is 8.99.